The quantitative estimate of drug-likeness (QED) is 0.584. The molecule has 3 rings (SSSR count). The number of benzene rings is 2. The van der Waals surface area contributed by atoms with Crippen molar-refractivity contribution < 1.29 is 13.2 Å². The van der Waals surface area contributed by atoms with E-state index in [1.165, 1.54) is 11.1 Å². The molecule has 0 spiro atoms. The van der Waals surface area contributed by atoms with E-state index in [0.29, 0.717) is 31.1 Å². The van der Waals surface area contributed by atoms with E-state index < -0.39 is 10.0 Å². The summed E-state index contributed by atoms with van der Waals surface area (Å²) >= 11 is 0. The number of sulfonamides is 1. The van der Waals surface area contributed by atoms with Crippen molar-refractivity contribution in [2.24, 2.45) is 5.92 Å². The largest absolute Gasteiger partial charge is 0.308 e. The Balaban J connectivity index is 1.58. The molecule has 1 aliphatic heterocycles. The highest BCUT2D eigenvalue weighted by Gasteiger charge is 2.28. The number of nitrogens with one attached hydrogen (secondary N) is 1. The number of piperidine rings is 1. The van der Waals surface area contributed by atoms with Gasteiger partial charge in [0.25, 0.3) is 0 Å². The summed E-state index contributed by atoms with van der Waals surface area (Å²) in [5, 5.41) is 3.26. The number of ketones is 1. The topological polar surface area (TPSA) is 69.7 Å². The number of hydrogen-bond donors (Lipinski definition) is 1. The number of nitrogens with zero attached hydrogens (tertiary/aromatic N) is 2. The summed E-state index contributed by atoms with van der Waals surface area (Å²) in [6.45, 7) is 6.17. The number of aryl methyl sites for hydroxylation is 1. The van der Waals surface area contributed by atoms with Gasteiger partial charge in [-0.3, -0.25) is 4.79 Å². The lowest BCUT2D eigenvalue weighted by Crippen LogP contribution is -2.37. The Hall–Kier alpha value is -2.06. The highest BCUT2D eigenvalue weighted by molar-refractivity contribution is 7.89. The standard InChI is InChI=1S/C25H35N3O3S/c1-19-5-7-21(8-6-19)24(27(3)4)17-26-18-25(29)22-9-11-23(12-10-22)32(30,31)28-15-13-20(2)14-16-28/h5-12,20,24,26H,13-18H2,1-4H3. The van der Waals surface area contributed by atoms with Crippen molar-refractivity contribution in [1.82, 2.24) is 14.5 Å². The zero-order chi connectivity index (χ0) is 23.3. The molecule has 1 atom stereocenters. The molecular weight excluding hydrogens is 422 g/mol. The van der Waals surface area contributed by atoms with Crippen LogP contribution < -0.4 is 5.32 Å². The van der Waals surface area contributed by atoms with Gasteiger partial charge in [-0.15, -0.1) is 0 Å². The first-order valence-corrected chi connectivity index (χ1v) is 12.7. The Bertz CT molecular complexity index is 994. The van der Waals surface area contributed by atoms with Gasteiger partial charge in [-0.2, -0.15) is 4.31 Å². The van der Waals surface area contributed by atoms with Crippen LogP contribution >= 0.6 is 0 Å². The summed E-state index contributed by atoms with van der Waals surface area (Å²) in [5.41, 5.74) is 2.93. The van der Waals surface area contributed by atoms with E-state index in [1.54, 1.807) is 28.6 Å². The van der Waals surface area contributed by atoms with Crippen LogP contribution in [-0.2, 0) is 10.0 Å². The molecule has 1 unspecified atom stereocenters. The first-order chi connectivity index (χ1) is 15.2. The van der Waals surface area contributed by atoms with E-state index in [1.807, 2.05) is 14.1 Å². The summed E-state index contributed by atoms with van der Waals surface area (Å²) in [7, 11) is 0.549. The van der Waals surface area contributed by atoms with E-state index in [9.17, 15) is 13.2 Å². The lowest BCUT2D eigenvalue weighted by molar-refractivity contribution is 0.0988. The third-order valence-electron chi connectivity index (χ3n) is 6.27. The highest BCUT2D eigenvalue weighted by atomic mass is 32.2. The Kier molecular flexibility index (Phi) is 8.22. The van der Waals surface area contributed by atoms with Crippen molar-refractivity contribution in [2.75, 3.05) is 40.3 Å². The molecule has 32 heavy (non-hydrogen) atoms. The van der Waals surface area contributed by atoms with Crippen LogP contribution in [0, 0.1) is 12.8 Å². The van der Waals surface area contributed by atoms with Crippen LogP contribution in [0.25, 0.3) is 0 Å². The van der Waals surface area contributed by atoms with Gasteiger partial charge in [0.05, 0.1) is 11.4 Å². The second-order valence-electron chi connectivity index (χ2n) is 9.06. The Morgan fingerprint density at radius 3 is 2.22 bits per heavy atom. The molecule has 2 aromatic rings. The van der Waals surface area contributed by atoms with Crippen molar-refractivity contribution in [1.29, 1.82) is 0 Å². The van der Waals surface area contributed by atoms with Crippen molar-refractivity contribution in [3.63, 3.8) is 0 Å². The zero-order valence-corrected chi connectivity index (χ0v) is 20.4. The fraction of sp³-hybridized carbons (Fsp3) is 0.480. The van der Waals surface area contributed by atoms with Crippen molar-refractivity contribution >= 4 is 15.8 Å². The molecule has 0 aromatic heterocycles. The van der Waals surface area contributed by atoms with Crippen LogP contribution in [0.3, 0.4) is 0 Å². The predicted octanol–water partition coefficient (Wildman–Crippen LogP) is 3.49. The van der Waals surface area contributed by atoms with E-state index in [-0.39, 0.29) is 23.3 Å². The molecule has 0 bridgehead atoms. The molecule has 174 valence electrons. The van der Waals surface area contributed by atoms with Crippen LogP contribution in [0.2, 0.25) is 0 Å². The molecule has 0 radical (unpaired) electrons. The smallest absolute Gasteiger partial charge is 0.243 e. The van der Waals surface area contributed by atoms with Crippen molar-refractivity contribution in [2.45, 2.75) is 37.6 Å². The normalized spacial score (nSPS) is 16.9. The fourth-order valence-electron chi connectivity index (χ4n) is 4.00. The molecule has 6 nitrogen and oxygen atoms in total. The van der Waals surface area contributed by atoms with Gasteiger partial charge in [-0.25, -0.2) is 8.42 Å². The fourth-order valence-corrected chi connectivity index (χ4v) is 5.47. The van der Waals surface area contributed by atoms with Gasteiger partial charge in [-0.1, -0.05) is 48.9 Å². The molecule has 0 aliphatic carbocycles. The number of carbonyl (C=O) groups is 1. The lowest BCUT2D eigenvalue weighted by Gasteiger charge is -2.29. The number of likely N-dealkylation sites (N-methyl/N-ethyl adjacent to an activating group) is 1. The second kappa shape index (κ2) is 10.7. The van der Waals surface area contributed by atoms with E-state index >= 15 is 0 Å². The first kappa shape index (κ1) is 24.6. The van der Waals surface area contributed by atoms with Crippen molar-refractivity contribution in [3.05, 3.63) is 65.2 Å². The van der Waals surface area contributed by atoms with Gasteiger partial charge >= 0.3 is 0 Å². The van der Waals surface area contributed by atoms with Gasteiger partial charge in [0.2, 0.25) is 10.0 Å². The van der Waals surface area contributed by atoms with E-state index in [4.69, 9.17) is 0 Å². The summed E-state index contributed by atoms with van der Waals surface area (Å²) in [6.07, 6.45) is 1.77. The molecule has 1 saturated heterocycles. The SMILES string of the molecule is Cc1ccc(C(CNCC(=O)c2ccc(S(=O)(=O)N3CCC(C)CC3)cc2)N(C)C)cc1. The predicted molar refractivity (Wildman–Crippen MR) is 128 cm³/mol. The maximum absolute atomic E-state index is 12.9. The second-order valence-corrected chi connectivity index (χ2v) is 11.0. The number of carbonyl (C=O) groups excluding carboxylic acids is 1. The maximum atomic E-state index is 12.9. The van der Waals surface area contributed by atoms with Crippen LogP contribution in [0.5, 0.6) is 0 Å². The molecule has 1 fully saturated rings. The number of hydrogen-bond acceptors (Lipinski definition) is 5. The van der Waals surface area contributed by atoms with E-state index in [2.05, 4.69) is 48.3 Å². The third-order valence-corrected chi connectivity index (χ3v) is 8.18. The van der Waals surface area contributed by atoms with Gasteiger partial charge in [0.15, 0.2) is 5.78 Å². The Morgan fingerprint density at radius 2 is 1.66 bits per heavy atom. The summed E-state index contributed by atoms with van der Waals surface area (Å²) in [6, 6.07) is 14.9. The van der Waals surface area contributed by atoms with Crippen LogP contribution in [-0.4, -0.2) is 63.7 Å². The molecule has 1 heterocycles. The molecule has 0 amide bonds. The molecule has 7 heteroatoms. The monoisotopic (exact) mass is 457 g/mol. The maximum Gasteiger partial charge on any atom is 0.243 e. The Labute approximate surface area is 192 Å². The van der Waals surface area contributed by atoms with Crippen LogP contribution in [0.15, 0.2) is 53.4 Å². The van der Waals surface area contributed by atoms with Crippen LogP contribution in [0.4, 0.5) is 0 Å². The van der Waals surface area contributed by atoms with Gasteiger partial charge in [0.1, 0.15) is 0 Å². The van der Waals surface area contributed by atoms with Crippen LogP contribution in [0.1, 0.15) is 47.3 Å². The third kappa shape index (κ3) is 6.04. The van der Waals surface area contributed by atoms with Gasteiger partial charge in [-0.05, 0) is 57.5 Å². The highest BCUT2D eigenvalue weighted by Crippen LogP contribution is 2.24. The minimum Gasteiger partial charge on any atom is -0.308 e. The first-order valence-electron chi connectivity index (χ1n) is 11.3. The minimum absolute atomic E-state index is 0.0536. The molecular formula is C25H35N3O3S. The summed E-state index contributed by atoms with van der Waals surface area (Å²) < 4.78 is 27.3. The number of Topliss-reactive ketones (excluding diaryl/α,β-unsaturated/α-hetero) is 1. The zero-order valence-electron chi connectivity index (χ0n) is 19.5. The molecule has 0 saturated carbocycles. The molecule has 1 N–H and O–H groups in total. The van der Waals surface area contributed by atoms with Gasteiger partial charge < -0.3 is 10.2 Å². The minimum atomic E-state index is -3.50. The van der Waals surface area contributed by atoms with Crippen molar-refractivity contribution in [3.8, 4) is 0 Å². The molecule has 1 aliphatic rings. The lowest BCUT2D eigenvalue weighted by atomic mass is 10.0. The average molecular weight is 458 g/mol. The average Bonchev–Trinajstić information content (AvgIpc) is 2.77. The number of rotatable bonds is 9. The van der Waals surface area contributed by atoms with E-state index in [0.717, 1.165) is 12.8 Å². The Morgan fingerprint density at radius 1 is 1.06 bits per heavy atom. The summed E-state index contributed by atoms with van der Waals surface area (Å²) in [4.78, 5) is 15.0. The summed E-state index contributed by atoms with van der Waals surface area (Å²) in [5.74, 6) is 0.509. The molecule has 2 aromatic carbocycles. The van der Waals surface area contributed by atoms with Gasteiger partial charge in [0, 0.05) is 31.2 Å².